The van der Waals surface area contributed by atoms with Crippen molar-refractivity contribution in [2.24, 2.45) is 5.73 Å². The Balaban J connectivity index is 2.53. The lowest BCUT2D eigenvalue weighted by Gasteiger charge is -2.12. The van der Waals surface area contributed by atoms with Gasteiger partial charge >= 0.3 is 0 Å². The molecule has 1 rings (SSSR count). The summed E-state index contributed by atoms with van der Waals surface area (Å²) in [6, 6.07) is -0.572. The van der Waals surface area contributed by atoms with E-state index < -0.39 is 24.5 Å². The largest absolute Gasteiger partial charge is 0.394 e. The molecule has 0 aromatic heterocycles. The molecule has 4 atom stereocenters. The molecule has 1 aliphatic heterocycles. The number of aliphatic hydroxyl groups excluding tert-OH is 2. The molecule has 1 aliphatic rings. The smallest absolute Gasteiger partial charge is 0.175 e. The van der Waals surface area contributed by atoms with Crippen LogP contribution in [0.5, 0.6) is 0 Å². The molecular formula is C6H13NO4. The first-order valence-corrected chi connectivity index (χ1v) is 3.43. The van der Waals surface area contributed by atoms with Crippen LogP contribution in [0.3, 0.4) is 0 Å². The van der Waals surface area contributed by atoms with Gasteiger partial charge in [0.15, 0.2) is 6.29 Å². The van der Waals surface area contributed by atoms with Crippen molar-refractivity contribution in [1.29, 1.82) is 0 Å². The van der Waals surface area contributed by atoms with E-state index >= 15 is 0 Å². The van der Waals surface area contributed by atoms with Crippen molar-refractivity contribution in [1.82, 2.24) is 0 Å². The zero-order valence-electron chi connectivity index (χ0n) is 6.30. The van der Waals surface area contributed by atoms with Gasteiger partial charge in [-0.25, -0.2) is 0 Å². The molecule has 11 heavy (non-hydrogen) atoms. The fraction of sp³-hybridized carbons (Fsp3) is 1.00. The van der Waals surface area contributed by atoms with E-state index in [0.29, 0.717) is 0 Å². The SMILES string of the molecule is COC1OC(CO)C(O)C1N. The number of hydrogen-bond donors (Lipinski definition) is 3. The van der Waals surface area contributed by atoms with Crippen LogP contribution in [-0.4, -0.2) is 48.5 Å². The molecule has 1 fully saturated rings. The quantitative estimate of drug-likeness (QED) is 0.440. The summed E-state index contributed by atoms with van der Waals surface area (Å²) in [5, 5.41) is 17.9. The maximum absolute atomic E-state index is 9.27. The van der Waals surface area contributed by atoms with Crippen LogP contribution >= 0.6 is 0 Å². The predicted molar refractivity (Wildman–Crippen MR) is 36.7 cm³/mol. The van der Waals surface area contributed by atoms with E-state index in [9.17, 15) is 5.11 Å². The van der Waals surface area contributed by atoms with E-state index in [2.05, 4.69) is 0 Å². The van der Waals surface area contributed by atoms with Gasteiger partial charge in [-0.2, -0.15) is 0 Å². The second kappa shape index (κ2) is 3.46. The fourth-order valence-electron chi connectivity index (χ4n) is 1.12. The van der Waals surface area contributed by atoms with Crippen LogP contribution in [0.1, 0.15) is 0 Å². The second-order valence-corrected chi connectivity index (χ2v) is 2.53. The maximum Gasteiger partial charge on any atom is 0.175 e. The molecule has 0 aromatic carbocycles. The fourth-order valence-corrected chi connectivity index (χ4v) is 1.12. The van der Waals surface area contributed by atoms with Crippen molar-refractivity contribution in [3.63, 3.8) is 0 Å². The Morgan fingerprint density at radius 1 is 1.64 bits per heavy atom. The van der Waals surface area contributed by atoms with Gasteiger partial charge in [-0.05, 0) is 0 Å². The lowest BCUT2D eigenvalue weighted by atomic mass is 10.1. The lowest BCUT2D eigenvalue weighted by molar-refractivity contribution is -0.130. The number of hydrogen-bond acceptors (Lipinski definition) is 5. The van der Waals surface area contributed by atoms with E-state index in [1.807, 2.05) is 0 Å². The second-order valence-electron chi connectivity index (χ2n) is 2.53. The Hall–Kier alpha value is -0.200. The summed E-state index contributed by atoms with van der Waals surface area (Å²) in [6.45, 7) is -0.241. The first-order chi connectivity index (χ1) is 5.20. The van der Waals surface area contributed by atoms with Crippen molar-refractivity contribution < 1.29 is 19.7 Å². The van der Waals surface area contributed by atoms with Crippen LogP contribution < -0.4 is 5.73 Å². The summed E-state index contributed by atoms with van der Waals surface area (Å²) < 4.78 is 9.84. The number of rotatable bonds is 2. The lowest BCUT2D eigenvalue weighted by Crippen LogP contribution is -2.41. The minimum atomic E-state index is -0.843. The highest BCUT2D eigenvalue weighted by Crippen LogP contribution is 2.19. The summed E-state index contributed by atoms with van der Waals surface area (Å²) in [5.74, 6) is 0. The van der Waals surface area contributed by atoms with E-state index in [0.717, 1.165) is 0 Å². The van der Waals surface area contributed by atoms with Gasteiger partial charge in [0.05, 0.1) is 12.6 Å². The number of ether oxygens (including phenoxy) is 2. The van der Waals surface area contributed by atoms with Gasteiger partial charge < -0.3 is 25.4 Å². The topological polar surface area (TPSA) is 84.9 Å². The van der Waals surface area contributed by atoms with Gasteiger partial charge in [0.25, 0.3) is 0 Å². The molecule has 66 valence electrons. The standard InChI is InChI=1S/C6H13NO4/c1-10-6-4(7)5(9)3(2-8)11-6/h3-6,8-9H,2,7H2,1H3. The molecule has 1 heterocycles. The minimum Gasteiger partial charge on any atom is -0.394 e. The van der Waals surface area contributed by atoms with Gasteiger partial charge in [0.1, 0.15) is 12.2 Å². The predicted octanol–water partition coefficient (Wildman–Crippen LogP) is -1.96. The van der Waals surface area contributed by atoms with Crippen LogP contribution in [0.15, 0.2) is 0 Å². The Morgan fingerprint density at radius 2 is 2.27 bits per heavy atom. The van der Waals surface area contributed by atoms with Crippen molar-refractivity contribution in [3.8, 4) is 0 Å². The third-order valence-electron chi connectivity index (χ3n) is 1.81. The normalized spacial score (nSPS) is 44.7. The monoisotopic (exact) mass is 163 g/mol. The zero-order chi connectivity index (χ0) is 8.43. The molecular weight excluding hydrogens is 150 g/mol. The molecule has 0 amide bonds. The molecule has 4 N–H and O–H groups in total. The van der Waals surface area contributed by atoms with Crippen LogP contribution in [0.4, 0.5) is 0 Å². The number of nitrogens with two attached hydrogens (primary N) is 1. The summed E-state index contributed by atoms with van der Waals surface area (Å²) in [4.78, 5) is 0. The van der Waals surface area contributed by atoms with Crippen molar-refractivity contribution >= 4 is 0 Å². The third-order valence-corrected chi connectivity index (χ3v) is 1.81. The molecule has 1 saturated heterocycles. The molecule has 0 aromatic rings. The highest BCUT2D eigenvalue weighted by atomic mass is 16.7. The van der Waals surface area contributed by atoms with Gasteiger partial charge in [-0.15, -0.1) is 0 Å². The molecule has 0 spiro atoms. The van der Waals surface area contributed by atoms with Gasteiger partial charge in [-0.1, -0.05) is 0 Å². The average molecular weight is 163 g/mol. The van der Waals surface area contributed by atoms with Gasteiger partial charge in [0.2, 0.25) is 0 Å². The van der Waals surface area contributed by atoms with Crippen molar-refractivity contribution in [2.45, 2.75) is 24.5 Å². The van der Waals surface area contributed by atoms with E-state index in [4.69, 9.17) is 20.3 Å². The molecule has 0 saturated carbocycles. The maximum atomic E-state index is 9.27. The Kier molecular flexibility index (Phi) is 2.80. The van der Waals surface area contributed by atoms with Gasteiger partial charge in [-0.3, -0.25) is 0 Å². The first kappa shape index (κ1) is 8.89. The minimum absolute atomic E-state index is 0.241. The summed E-state index contributed by atoms with van der Waals surface area (Å²) in [5.41, 5.74) is 5.49. The van der Waals surface area contributed by atoms with E-state index in [1.54, 1.807) is 0 Å². The Bertz CT molecular complexity index is 114. The number of aliphatic hydroxyl groups is 2. The number of methoxy groups -OCH3 is 1. The highest BCUT2D eigenvalue weighted by molar-refractivity contribution is 4.88. The Labute approximate surface area is 64.7 Å². The highest BCUT2D eigenvalue weighted by Gasteiger charge is 2.41. The van der Waals surface area contributed by atoms with Crippen LogP contribution in [0.2, 0.25) is 0 Å². The average Bonchev–Trinajstić information content (AvgIpc) is 2.30. The van der Waals surface area contributed by atoms with E-state index in [1.165, 1.54) is 7.11 Å². The molecule has 0 radical (unpaired) electrons. The van der Waals surface area contributed by atoms with Crippen LogP contribution in [-0.2, 0) is 9.47 Å². The molecule has 5 heteroatoms. The first-order valence-electron chi connectivity index (χ1n) is 3.43. The molecule has 0 aliphatic carbocycles. The van der Waals surface area contributed by atoms with Crippen molar-refractivity contribution in [2.75, 3.05) is 13.7 Å². The summed E-state index contributed by atoms with van der Waals surface area (Å²) >= 11 is 0. The third kappa shape index (κ3) is 1.52. The Morgan fingerprint density at radius 3 is 2.55 bits per heavy atom. The van der Waals surface area contributed by atoms with Gasteiger partial charge in [0, 0.05) is 7.11 Å². The molecule has 5 nitrogen and oxygen atoms in total. The molecule has 0 bridgehead atoms. The molecule has 4 unspecified atom stereocenters. The zero-order valence-corrected chi connectivity index (χ0v) is 6.30. The van der Waals surface area contributed by atoms with E-state index in [-0.39, 0.29) is 6.61 Å². The summed E-state index contributed by atoms with van der Waals surface area (Å²) in [6.07, 6.45) is -2.07. The van der Waals surface area contributed by atoms with Crippen LogP contribution in [0, 0.1) is 0 Å². The summed E-state index contributed by atoms with van der Waals surface area (Å²) in [7, 11) is 1.44. The van der Waals surface area contributed by atoms with Crippen LogP contribution in [0.25, 0.3) is 0 Å². The van der Waals surface area contributed by atoms with Crippen molar-refractivity contribution in [3.05, 3.63) is 0 Å².